The Morgan fingerprint density at radius 2 is 2.00 bits per heavy atom. The van der Waals surface area contributed by atoms with Crippen LogP contribution in [0.15, 0.2) is 35.4 Å². The van der Waals surface area contributed by atoms with Gasteiger partial charge in [0.25, 0.3) is 10.1 Å². The molecule has 4 nitrogen and oxygen atoms in total. The molecular weight excluding hydrogens is 281 g/mol. The van der Waals surface area contributed by atoms with Gasteiger partial charge in [0.1, 0.15) is 16.4 Å². The monoisotopic (exact) mass is 295 g/mol. The molecule has 2 aromatic rings. The van der Waals surface area contributed by atoms with E-state index < -0.39 is 15.9 Å². The number of benzene rings is 1. The predicted octanol–water partition coefficient (Wildman–Crippen LogP) is 3.01. The number of rotatable bonds is 3. The Bertz CT molecular complexity index is 757. The molecule has 0 saturated heterocycles. The lowest BCUT2D eigenvalue weighted by molar-refractivity contribution is 0.483. The van der Waals surface area contributed by atoms with Crippen LogP contribution in [0.4, 0.5) is 4.39 Å². The molecule has 0 unspecified atom stereocenters. The van der Waals surface area contributed by atoms with Gasteiger partial charge in [-0.1, -0.05) is 13.0 Å². The summed E-state index contributed by atoms with van der Waals surface area (Å²) >= 11 is 0. The molecule has 1 N–H and O–H groups in total. The van der Waals surface area contributed by atoms with Crippen molar-refractivity contribution in [2.45, 2.75) is 25.2 Å². The molecule has 0 aliphatic heterocycles. The molecule has 2 rings (SSSR count). The molecule has 1 aromatic heterocycles. The fraction of sp³-hybridized carbons (Fsp3) is 0.214. The normalized spacial score (nSPS) is 11.6. The molecule has 0 amide bonds. The van der Waals surface area contributed by atoms with Crippen molar-refractivity contribution in [2.75, 3.05) is 0 Å². The van der Waals surface area contributed by atoms with Crippen molar-refractivity contribution in [3.8, 4) is 11.3 Å². The van der Waals surface area contributed by atoms with Crippen LogP contribution in [0, 0.1) is 12.7 Å². The minimum absolute atomic E-state index is 0.0688. The van der Waals surface area contributed by atoms with E-state index in [1.165, 1.54) is 24.4 Å². The number of hydrogen-bond donors (Lipinski definition) is 1. The lowest BCUT2D eigenvalue weighted by Crippen LogP contribution is -2.06. The Labute approximate surface area is 117 Å². The second-order valence-corrected chi connectivity index (χ2v) is 5.79. The highest BCUT2D eigenvalue weighted by Gasteiger charge is 2.23. The molecule has 0 saturated carbocycles. The smallest absolute Gasteiger partial charge is 0.282 e. The van der Waals surface area contributed by atoms with Gasteiger partial charge >= 0.3 is 0 Å². The number of aromatic nitrogens is 1. The maximum atomic E-state index is 14.0. The van der Waals surface area contributed by atoms with Crippen LogP contribution >= 0.6 is 0 Å². The quantitative estimate of drug-likeness (QED) is 0.884. The van der Waals surface area contributed by atoms with Gasteiger partial charge in [-0.2, -0.15) is 8.42 Å². The fourth-order valence-electron chi connectivity index (χ4n) is 2.23. The molecule has 0 spiro atoms. The van der Waals surface area contributed by atoms with Gasteiger partial charge in [0, 0.05) is 11.8 Å². The lowest BCUT2D eigenvalue weighted by Gasteiger charge is -2.14. The van der Waals surface area contributed by atoms with E-state index in [2.05, 4.69) is 4.98 Å². The second-order valence-electron chi connectivity index (χ2n) is 4.40. The summed E-state index contributed by atoms with van der Waals surface area (Å²) < 4.78 is 46.4. The fourth-order valence-corrected chi connectivity index (χ4v) is 2.95. The number of aryl methyl sites for hydroxylation is 1. The second kappa shape index (κ2) is 5.30. The molecular formula is C14H14FNO3S. The van der Waals surface area contributed by atoms with Crippen molar-refractivity contribution < 1.29 is 17.4 Å². The van der Waals surface area contributed by atoms with Gasteiger partial charge in [-0.15, -0.1) is 0 Å². The molecule has 0 bridgehead atoms. The summed E-state index contributed by atoms with van der Waals surface area (Å²) in [7, 11) is -4.45. The Morgan fingerprint density at radius 3 is 2.55 bits per heavy atom. The zero-order valence-corrected chi connectivity index (χ0v) is 11.9. The number of nitrogens with zero attached hydrogens (tertiary/aromatic N) is 1. The average molecular weight is 295 g/mol. The number of hydrogen-bond acceptors (Lipinski definition) is 3. The van der Waals surface area contributed by atoms with E-state index in [1.54, 1.807) is 13.0 Å². The van der Waals surface area contributed by atoms with Gasteiger partial charge in [0.2, 0.25) is 0 Å². The van der Waals surface area contributed by atoms with Gasteiger partial charge in [-0.25, -0.2) is 4.39 Å². The van der Waals surface area contributed by atoms with Crippen LogP contribution in [-0.2, 0) is 16.5 Å². The van der Waals surface area contributed by atoms with Gasteiger partial charge in [-0.3, -0.25) is 9.54 Å². The summed E-state index contributed by atoms with van der Waals surface area (Å²) in [6.07, 6.45) is 1.88. The zero-order chi connectivity index (χ0) is 14.9. The van der Waals surface area contributed by atoms with Crippen molar-refractivity contribution in [2.24, 2.45) is 0 Å². The molecule has 6 heteroatoms. The maximum Gasteiger partial charge on any atom is 0.295 e. The van der Waals surface area contributed by atoms with Gasteiger partial charge in [0.05, 0.1) is 0 Å². The molecule has 20 heavy (non-hydrogen) atoms. The summed E-state index contributed by atoms with van der Waals surface area (Å²) in [6.45, 7) is 3.64. The summed E-state index contributed by atoms with van der Waals surface area (Å²) in [4.78, 5) is 3.60. The van der Waals surface area contributed by atoms with Crippen molar-refractivity contribution in [1.82, 2.24) is 4.98 Å². The lowest BCUT2D eigenvalue weighted by atomic mass is 9.97. The highest BCUT2D eigenvalue weighted by atomic mass is 32.2. The summed E-state index contributed by atoms with van der Waals surface area (Å²) in [5.74, 6) is -0.627. The van der Waals surface area contributed by atoms with E-state index in [1.807, 2.05) is 6.92 Å². The van der Waals surface area contributed by atoms with Crippen molar-refractivity contribution in [1.29, 1.82) is 0 Å². The van der Waals surface area contributed by atoms with E-state index >= 15 is 0 Å². The minimum atomic E-state index is -4.45. The topological polar surface area (TPSA) is 67.3 Å². The third-order valence-electron chi connectivity index (χ3n) is 3.14. The van der Waals surface area contributed by atoms with Crippen molar-refractivity contribution >= 4 is 10.1 Å². The molecule has 1 aromatic carbocycles. The first-order chi connectivity index (χ1) is 9.36. The maximum absolute atomic E-state index is 14.0. The van der Waals surface area contributed by atoms with Crippen LogP contribution in [0.1, 0.15) is 18.1 Å². The molecule has 0 aliphatic rings. The average Bonchev–Trinajstić information content (AvgIpc) is 2.37. The largest absolute Gasteiger partial charge is 0.295 e. The molecule has 106 valence electrons. The highest BCUT2D eigenvalue weighted by molar-refractivity contribution is 7.86. The van der Waals surface area contributed by atoms with Crippen LogP contribution in [0.3, 0.4) is 0 Å². The Morgan fingerprint density at radius 1 is 1.30 bits per heavy atom. The first kappa shape index (κ1) is 14.6. The Hall–Kier alpha value is -1.79. The Kier molecular flexibility index (Phi) is 3.87. The highest BCUT2D eigenvalue weighted by Crippen LogP contribution is 2.33. The van der Waals surface area contributed by atoms with Gasteiger partial charge in [-0.05, 0) is 42.7 Å². The third-order valence-corrected chi connectivity index (χ3v) is 4.03. The summed E-state index contributed by atoms with van der Waals surface area (Å²) in [5.41, 5.74) is 1.53. The number of halogens is 1. The van der Waals surface area contributed by atoms with E-state index in [0.717, 1.165) is 5.56 Å². The first-order valence-electron chi connectivity index (χ1n) is 6.07. The number of pyridine rings is 1. The summed E-state index contributed by atoms with van der Waals surface area (Å²) in [5, 5.41) is 0. The van der Waals surface area contributed by atoms with E-state index in [-0.39, 0.29) is 16.2 Å². The van der Waals surface area contributed by atoms with E-state index in [4.69, 9.17) is 0 Å². The Balaban J connectivity index is 2.92. The van der Waals surface area contributed by atoms with Gasteiger partial charge in [0.15, 0.2) is 0 Å². The van der Waals surface area contributed by atoms with E-state index in [9.17, 15) is 17.4 Å². The molecule has 0 fully saturated rings. The minimum Gasteiger partial charge on any atom is -0.282 e. The predicted molar refractivity (Wildman–Crippen MR) is 73.6 cm³/mol. The zero-order valence-electron chi connectivity index (χ0n) is 11.1. The SMILES string of the molecule is CCc1c(C)ccc(S(=O)(=O)O)c1-c1ncccc1F. The summed E-state index contributed by atoms with van der Waals surface area (Å²) in [6, 6.07) is 5.49. The van der Waals surface area contributed by atoms with Crippen LogP contribution in [-0.4, -0.2) is 18.0 Å². The molecule has 0 radical (unpaired) electrons. The first-order valence-corrected chi connectivity index (χ1v) is 7.51. The van der Waals surface area contributed by atoms with Crippen LogP contribution in [0.5, 0.6) is 0 Å². The molecule has 1 heterocycles. The molecule has 0 atom stereocenters. The van der Waals surface area contributed by atoms with Crippen LogP contribution in [0.25, 0.3) is 11.3 Å². The van der Waals surface area contributed by atoms with E-state index in [0.29, 0.717) is 12.0 Å². The molecule has 0 aliphatic carbocycles. The van der Waals surface area contributed by atoms with Gasteiger partial charge < -0.3 is 0 Å². The third kappa shape index (κ3) is 2.57. The van der Waals surface area contributed by atoms with Crippen molar-refractivity contribution in [3.63, 3.8) is 0 Å². The van der Waals surface area contributed by atoms with Crippen molar-refractivity contribution in [3.05, 3.63) is 47.4 Å². The van der Waals surface area contributed by atoms with Crippen LogP contribution < -0.4 is 0 Å². The van der Waals surface area contributed by atoms with Crippen LogP contribution in [0.2, 0.25) is 0 Å². The standard InChI is InChI=1S/C14H14FNO3S/c1-3-10-9(2)6-7-12(20(17,18)19)13(10)14-11(15)5-4-8-16-14/h4-8H,3H2,1-2H3,(H,17,18,19).